The van der Waals surface area contributed by atoms with E-state index in [4.69, 9.17) is 4.74 Å². The molecule has 0 saturated carbocycles. The summed E-state index contributed by atoms with van der Waals surface area (Å²) < 4.78 is 32.8. The average molecular weight is 419 g/mol. The number of amides is 1. The SMILES string of the molecule is CN(C)C(=O)[C@H](OC(=O)c1ccc(S(=O)(=O)NC(C)(C)C)cc1)c1ccccc1. The van der Waals surface area contributed by atoms with Crippen LogP contribution in [0.4, 0.5) is 0 Å². The highest BCUT2D eigenvalue weighted by atomic mass is 32.2. The maximum absolute atomic E-state index is 12.6. The molecule has 0 radical (unpaired) electrons. The number of likely N-dealkylation sites (N-methyl/N-ethyl adjacent to an activating group) is 1. The van der Waals surface area contributed by atoms with Crippen LogP contribution in [-0.2, 0) is 19.6 Å². The molecule has 156 valence electrons. The van der Waals surface area contributed by atoms with Crippen molar-refractivity contribution in [2.24, 2.45) is 0 Å². The maximum Gasteiger partial charge on any atom is 0.339 e. The molecular weight excluding hydrogens is 392 g/mol. The Kier molecular flexibility index (Phi) is 6.81. The van der Waals surface area contributed by atoms with Crippen LogP contribution in [0.3, 0.4) is 0 Å². The van der Waals surface area contributed by atoms with E-state index < -0.39 is 27.6 Å². The lowest BCUT2D eigenvalue weighted by Crippen LogP contribution is -2.40. The second-order valence-electron chi connectivity index (χ2n) is 7.81. The molecule has 2 aromatic carbocycles. The predicted octanol–water partition coefficient (Wildman–Crippen LogP) is 2.75. The van der Waals surface area contributed by atoms with Gasteiger partial charge in [0.05, 0.1) is 10.5 Å². The van der Waals surface area contributed by atoms with Crippen molar-refractivity contribution in [3.05, 3.63) is 65.7 Å². The Bertz CT molecular complexity index is 962. The number of nitrogens with zero attached hydrogens (tertiary/aromatic N) is 1. The molecule has 0 aliphatic heterocycles. The van der Waals surface area contributed by atoms with E-state index >= 15 is 0 Å². The minimum Gasteiger partial charge on any atom is -0.444 e. The lowest BCUT2D eigenvalue weighted by atomic mass is 10.1. The standard InChI is InChI=1S/C21H26N2O5S/c1-21(2,3)22-29(26,27)17-13-11-16(12-14-17)20(25)28-18(19(24)23(4)5)15-9-7-6-8-10-15/h6-14,18,22H,1-5H3/t18-/m1/s1. The van der Waals surface area contributed by atoms with Crippen LogP contribution >= 0.6 is 0 Å². The normalized spacial score (nSPS) is 12.9. The first kappa shape index (κ1) is 22.6. The summed E-state index contributed by atoms with van der Waals surface area (Å²) in [6.45, 7) is 5.21. The van der Waals surface area contributed by atoms with Gasteiger partial charge in [-0.1, -0.05) is 30.3 Å². The number of esters is 1. The smallest absolute Gasteiger partial charge is 0.339 e. The summed E-state index contributed by atoms with van der Waals surface area (Å²) in [6, 6.07) is 14.1. The minimum absolute atomic E-state index is 0.0351. The van der Waals surface area contributed by atoms with Gasteiger partial charge < -0.3 is 9.64 Å². The zero-order chi connectivity index (χ0) is 21.8. The van der Waals surface area contributed by atoms with E-state index in [1.165, 1.54) is 29.2 Å². The Balaban J connectivity index is 2.24. The molecular formula is C21H26N2O5S. The molecule has 0 saturated heterocycles. The Hall–Kier alpha value is -2.71. The molecule has 8 heteroatoms. The molecule has 2 aromatic rings. The molecule has 7 nitrogen and oxygen atoms in total. The molecule has 0 heterocycles. The fourth-order valence-electron chi connectivity index (χ4n) is 2.53. The Labute approximate surface area is 171 Å². The fraction of sp³-hybridized carbons (Fsp3) is 0.333. The molecule has 0 fully saturated rings. The molecule has 0 bridgehead atoms. The third-order valence-electron chi connectivity index (χ3n) is 3.83. The number of carbonyl (C=O) groups excluding carboxylic acids is 2. The highest BCUT2D eigenvalue weighted by Crippen LogP contribution is 2.22. The quantitative estimate of drug-likeness (QED) is 0.728. The molecule has 1 amide bonds. The number of hydrogen-bond acceptors (Lipinski definition) is 5. The van der Waals surface area contributed by atoms with Crippen molar-refractivity contribution in [3.8, 4) is 0 Å². The van der Waals surface area contributed by atoms with Gasteiger partial charge >= 0.3 is 5.97 Å². The maximum atomic E-state index is 12.6. The number of hydrogen-bond donors (Lipinski definition) is 1. The third-order valence-corrected chi connectivity index (χ3v) is 5.61. The van der Waals surface area contributed by atoms with E-state index in [9.17, 15) is 18.0 Å². The Morgan fingerprint density at radius 1 is 0.966 bits per heavy atom. The van der Waals surface area contributed by atoms with Crippen LogP contribution in [0, 0.1) is 0 Å². The molecule has 0 spiro atoms. The summed E-state index contributed by atoms with van der Waals surface area (Å²) in [7, 11) is -0.559. The van der Waals surface area contributed by atoms with Gasteiger partial charge in [0.1, 0.15) is 0 Å². The summed E-state index contributed by atoms with van der Waals surface area (Å²) in [5.41, 5.74) is 0.0617. The van der Waals surface area contributed by atoms with E-state index in [1.807, 2.05) is 0 Å². The number of carbonyl (C=O) groups is 2. The van der Waals surface area contributed by atoms with Crippen molar-refractivity contribution >= 4 is 21.9 Å². The van der Waals surface area contributed by atoms with Gasteiger partial charge in [0.25, 0.3) is 5.91 Å². The lowest BCUT2D eigenvalue weighted by Gasteiger charge is -2.21. The van der Waals surface area contributed by atoms with Gasteiger partial charge in [0.2, 0.25) is 16.1 Å². The van der Waals surface area contributed by atoms with Crippen molar-refractivity contribution < 1.29 is 22.7 Å². The van der Waals surface area contributed by atoms with Gasteiger partial charge in [-0.25, -0.2) is 17.9 Å². The Morgan fingerprint density at radius 3 is 2.00 bits per heavy atom. The summed E-state index contributed by atoms with van der Waals surface area (Å²) in [5.74, 6) is -1.10. The van der Waals surface area contributed by atoms with Crippen molar-refractivity contribution in [2.45, 2.75) is 37.3 Å². The second-order valence-corrected chi connectivity index (χ2v) is 9.49. The van der Waals surface area contributed by atoms with Crippen LogP contribution in [0.2, 0.25) is 0 Å². The highest BCUT2D eigenvalue weighted by Gasteiger charge is 2.27. The molecule has 0 aromatic heterocycles. The number of sulfonamides is 1. The van der Waals surface area contributed by atoms with E-state index in [0.29, 0.717) is 5.56 Å². The van der Waals surface area contributed by atoms with Crippen LogP contribution < -0.4 is 4.72 Å². The van der Waals surface area contributed by atoms with Crippen molar-refractivity contribution in [2.75, 3.05) is 14.1 Å². The van der Waals surface area contributed by atoms with Crippen molar-refractivity contribution in [1.29, 1.82) is 0 Å². The Morgan fingerprint density at radius 2 is 1.52 bits per heavy atom. The van der Waals surface area contributed by atoms with Gasteiger partial charge in [0, 0.05) is 25.2 Å². The molecule has 0 aliphatic rings. The molecule has 1 N–H and O–H groups in total. The summed E-state index contributed by atoms with van der Waals surface area (Å²) in [5, 5.41) is 0. The fourth-order valence-corrected chi connectivity index (χ4v) is 3.95. The zero-order valence-electron chi connectivity index (χ0n) is 17.2. The van der Waals surface area contributed by atoms with E-state index in [0.717, 1.165) is 0 Å². The summed E-state index contributed by atoms with van der Waals surface area (Å²) in [4.78, 5) is 26.5. The minimum atomic E-state index is -3.71. The van der Waals surface area contributed by atoms with Crippen molar-refractivity contribution in [3.63, 3.8) is 0 Å². The molecule has 1 atom stereocenters. The number of rotatable bonds is 6. The first-order valence-corrected chi connectivity index (χ1v) is 10.5. The van der Waals surface area contributed by atoms with Gasteiger partial charge in [-0.05, 0) is 45.0 Å². The van der Waals surface area contributed by atoms with E-state index in [1.54, 1.807) is 65.2 Å². The van der Waals surface area contributed by atoms with Crippen LogP contribution in [0.1, 0.15) is 42.8 Å². The lowest BCUT2D eigenvalue weighted by molar-refractivity contribution is -0.138. The summed E-state index contributed by atoms with van der Waals surface area (Å²) >= 11 is 0. The zero-order valence-corrected chi connectivity index (χ0v) is 18.0. The third kappa shape index (κ3) is 6.13. The van der Waals surface area contributed by atoms with Gasteiger partial charge in [-0.15, -0.1) is 0 Å². The van der Waals surface area contributed by atoms with Crippen LogP contribution in [-0.4, -0.2) is 44.8 Å². The van der Waals surface area contributed by atoms with Gasteiger partial charge in [0.15, 0.2) is 0 Å². The van der Waals surface area contributed by atoms with Crippen LogP contribution in [0.25, 0.3) is 0 Å². The molecule has 0 aliphatic carbocycles. The largest absolute Gasteiger partial charge is 0.444 e. The molecule has 0 unspecified atom stereocenters. The second kappa shape index (κ2) is 8.75. The first-order valence-electron chi connectivity index (χ1n) is 9.02. The molecule has 2 rings (SSSR count). The van der Waals surface area contributed by atoms with E-state index in [2.05, 4.69) is 4.72 Å². The summed E-state index contributed by atoms with van der Waals surface area (Å²) in [6.07, 6.45) is -1.09. The first-order chi connectivity index (χ1) is 13.4. The number of ether oxygens (including phenoxy) is 1. The highest BCUT2D eigenvalue weighted by molar-refractivity contribution is 7.89. The van der Waals surface area contributed by atoms with Crippen LogP contribution in [0.15, 0.2) is 59.5 Å². The number of nitrogens with one attached hydrogen (secondary N) is 1. The van der Waals surface area contributed by atoms with Crippen LogP contribution in [0.5, 0.6) is 0 Å². The van der Waals surface area contributed by atoms with E-state index in [-0.39, 0.29) is 16.4 Å². The topological polar surface area (TPSA) is 92.8 Å². The predicted molar refractivity (Wildman–Crippen MR) is 110 cm³/mol. The monoisotopic (exact) mass is 418 g/mol. The average Bonchev–Trinajstić information content (AvgIpc) is 2.64. The van der Waals surface area contributed by atoms with Gasteiger partial charge in [-0.2, -0.15) is 0 Å². The van der Waals surface area contributed by atoms with Gasteiger partial charge in [-0.3, -0.25) is 4.79 Å². The van der Waals surface area contributed by atoms with Crippen molar-refractivity contribution in [1.82, 2.24) is 9.62 Å². The molecule has 29 heavy (non-hydrogen) atoms. The number of benzene rings is 2.